The number of rotatable bonds is 6. The van der Waals surface area contributed by atoms with Crippen LogP contribution in [0.3, 0.4) is 0 Å². The SMILES string of the molecule is O=C(NCCN1CC=C(Cc2ccc(Cl)cc2)CC1)c1ccc(=O)[nH]c1. The second kappa shape index (κ2) is 8.83. The van der Waals surface area contributed by atoms with Crippen molar-refractivity contribution in [2.75, 3.05) is 26.2 Å². The lowest BCUT2D eigenvalue weighted by Gasteiger charge is -2.26. The zero-order valence-electron chi connectivity index (χ0n) is 14.5. The Kier molecular flexibility index (Phi) is 6.26. The lowest BCUT2D eigenvalue weighted by atomic mass is 9.99. The summed E-state index contributed by atoms with van der Waals surface area (Å²) >= 11 is 5.92. The number of H-pyrrole nitrogens is 1. The Morgan fingerprint density at radius 3 is 2.65 bits per heavy atom. The van der Waals surface area contributed by atoms with Gasteiger partial charge >= 0.3 is 0 Å². The van der Waals surface area contributed by atoms with Gasteiger partial charge in [0.1, 0.15) is 0 Å². The van der Waals surface area contributed by atoms with Crippen LogP contribution in [0.4, 0.5) is 0 Å². The number of amides is 1. The Balaban J connectivity index is 1.41. The first-order valence-corrected chi connectivity index (χ1v) is 9.09. The molecule has 0 saturated carbocycles. The largest absolute Gasteiger partial charge is 0.351 e. The molecule has 1 aromatic heterocycles. The van der Waals surface area contributed by atoms with Gasteiger partial charge in [-0.15, -0.1) is 0 Å². The van der Waals surface area contributed by atoms with Gasteiger partial charge in [0.25, 0.3) is 5.91 Å². The molecule has 0 fully saturated rings. The summed E-state index contributed by atoms with van der Waals surface area (Å²) < 4.78 is 0. The minimum absolute atomic E-state index is 0.169. The summed E-state index contributed by atoms with van der Waals surface area (Å²) in [6, 6.07) is 10.9. The van der Waals surface area contributed by atoms with Crippen LogP contribution in [0.2, 0.25) is 5.02 Å². The Hall–Kier alpha value is -2.37. The molecule has 1 aliphatic heterocycles. The van der Waals surface area contributed by atoms with Gasteiger partial charge in [0.05, 0.1) is 5.56 Å². The lowest BCUT2D eigenvalue weighted by molar-refractivity contribution is 0.0948. The van der Waals surface area contributed by atoms with E-state index in [0.717, 1.165) is 37.5 Å². The predicted octanol–water partition coefficient (Wildman–Crippen LogP) is 2.63. The van der Waals surface area contributed by atoms with Crippen molar-refractivity contribution >= 4 is 17.5 Å². The Labute approximate surface area is 157 Å². The van der Waals surface area contributed by atoms with Gasteiger partial charge < -0.3 is 10.3 Å². The topological polar surface area (TPSA) is 65.2 Å². The highest BCUT2D eigenvalue weighted by Gasteiger charge is 2.12. The van der Waals surface area contributed by atoms with Crippen LogP contribution in [-0.4, -0.2) is 42.0 Å². The molecule has 26 heavy (non-hydrogen) atoms. The molecule has 0 atom stereocenters. The number of hydrogen-bond acceptors (Lipinski definition) is 3. The van der Waals surface area contributed by atoms with Gasteiger partial charge in [0.15, 0.2) is 0 Å². The molecule has 0 bridgehead atoms. The van der Waals surface area contributed by atoms with E-state index in [4.69, 9.17) is 11.6 Å². The summed E-state index contributed by atoms with van der Waals surface area (Å²) in [5.41, 5.74) is 2.98. The number of nitrogens with one attached hydrogen (secondary N) is 2. The van der Waals surface area contributed by atoms with Crippen molar-refractivity contribution in [3.8, 4) is 0 Å². The highest BCUT2D eigenvalue weighted by atomic mass is 35.5. The lowest BCUT2D eigenvalue weighted by Crippen LogP contribution is -2.37. The number of pyridine rings is 1. The fourth-order valence-corrected chi connectivity index (χ4v) is 3.09. The third kappa shape index (κ3) is 5.31. The standard InChI is InChI=1S/C20H22ClN3O2/c21-18-4-1-15(2-5-18)13-16-7-10-24(11-8-16)12-9-22-20(26)17-3-6-19(25)23-14-17/h1-7,14H,8-13H2,(H,22,26)(H,23,25). The summed E-state index contributed by atoms with van der Waals surface area (Å²) in [7, 11) is 0. The van der Waals surface area contributed by atoms with Crippen LogP contribution < -0.4 is 10.9 Å². The van der Waals surface area contributed by atoms with Crippen LogP contribution >= 0.6 is 11.6 Å². The summed E-state index contributed by atoms with van der Waals surface area (Å²) in [6.07, 6.45) is 5.72. The molecule has 0 saturated heterocycles. The van der Waals surface area contributed by atoms with Crippen molar-refractivity contribution in [1.29, 1.82) is 0 Å². The first kappa shape index (κ1) is 18.4. The van der Waals surface area contributed by atoms with E-state index in [9.17, 15) is 9.59 Å². The average molecular weight is 372 g/mol. The van der Waals surface area contributed by atoms with Crippen LogP contribution in [0.25, 0.3) is 0 Å². The van der Waals surface area contributed by atoms with Crippen molar-refractivity contribution in [3.63, 3.8) is 0 Å². The smallest absolute Gasteiger partial charge is 0.252 e. The molecule has 136 valence electrons. The van der Waals surface area contributed by atoms with E-state index in [-0.39, 0.29) is 11.5 Å². The van der Waals surface area contributed by atoms with Crippen molar-refractivity contribution in [2.45, 2.75) is 12.8 Å². The summed E-state index contributed by atoms with van der Waals surface area (Å²) in [5.74, 6) is -0.169. The molecule has 1 aliphatic rings. The van der Waals surface area contributed by atoms with Crippen molar-refractivity contribution in [3.05, 3.63) is 80.7 Å². The fourth-order valence-electron chi connectivity index (χ4n) is 2.96. The Bertz CT molecular complexity index is 822. The molecule has 2 heterocycles. The van der Waals surface area contributed by atoms with Gasteiger partial charge in [0, 0.05) is 43.5 Å². The molecule has 0 aliphatic carbocycles. The number of aromatic nitrogens is 1. The first-order valence-electron chi connectivity index (χ1n) is 8.72. The number of aromatic amines is 1. The zero-order chi connectivity index (χ0) is 18.4. The maximum absolute atomic E-state index is 12.0. The molecule has 1 aromatic carbocycles. The number of nitrogens with zero attached hydrogens (tertiary/aromatic N) is 1. The second-order valence-corrected chi connectivity index (χ2v) is 6.85. The van der Waals surface area contributed by atoms with Crippen LogP contribution in [-0.2, 0) is 6.42 Å². The van der Waals surface area contributed by atoms with Crippen molar-refractivity contribution in [2.24, 2.45) is 0 Å². The van der Waals surface area contributed by atoms with Gasteiger partial charge in [-0.05, 0) is 36.6 Å². The quantitative estimate of drug-likeness (QED) is 0.767. The zero-order valence-corrected chi connectivity index (χ0v) is 15.3. The van der Waals surface area contributed by atoms with E-state index in [1.807, 2.05) is 12.1 Å². The van der Waals surface area contributed by atoms with Gasteiger partial charge in [-0.1, -0.05) is 35.4 Å². The molecule has 6 heteroatoms. The Morgan fingerprint density at radius 2 is 2.00 bits per heavy atom. The van der Waals surface area contributed by atoms with E-state index in [0.29, 0.717) is 12.1 Å². The van der Waals surface area contributed by atoms with Gasteiger partial charge in [0.2, 0.25) is 5.56 Å². The normalized spacial score (nSPS) is 14.7. The Morgan fingerprint density at radius 1 is 1.19 bits per heavy atom. The third-order valence-corrected chi connectivity index (χ3v) is 4.74. The molecule has 3 rings (SSSR count). The second-order valence-electron chi connectivity index (χ2n) is 6.41. The molecular weight excluding hydrogens is 350 g/mol. The minimum atomic E-state index is -0.212. The van der Waals surface area contributed by atoms with E-state index in [2.05, 4.69) is 33.4 Å². The maximum Gasteiger partial charge on any atom is 0.252 e. The molecule has 1 amide bonds. The molecule has 2 aromatic rings. The molecule has 2 N–H and O–H groups in total. The monoisotopic (exact) mass is 371 g/mol. The molecule has 5 nitrogen and oxygen atoms in total. The highest BCUT2D eigenvalue weighted by Crippen LogP contribution is 2.18. The van der Waals surface area contributed by atoms with Gasteiger partial charge in [-0.2, -0.15) is 0 Å². The third-order valence-electron chi connectivity index (χ3n) is 4.49. The van der Waals surface area contributed by atoms with E-state index < -0.39 is 0 Å². The summed E-state index contributed by atoms with van der Waals surface area (Å²) in [4.78, 5) is 27.8. The number of halogens is 1. The summed E-state index contributed by atoms with van der Waals surface area (Å²) in [5, 5.41) is 3.65. The van der Waals surface area contributed by atoms with Crippen molar-refractivity contribution in [1.82, 2.24) is 15.2 Å². The van der Waals surface area contributed by atoms with E-state index >= 15 is 0 Å². The van der Waals surface area contributed by atoms with Gasteiger partial charge in [-0.3, -0.25) is 14.5 Å². The van der Waals surface area contributed by atoms with Crippen LogP contribution in [0.1, 0.15) is 22.3 Å². The molecule has 0 radical (unpaired) electrons. The molecular formula is C20H22ClN3O2. The van der Waals surface area contributed by atoms with Crippen LogP contribution in [0.15, 0.2) is 59.0 Å². The number of benzene rings is 1. The van der Waals surface area contributed by atoms with Crippen LogP contribution in [0.5, 0.6) is 0 Å². The van der Waals surface area contributed by atoms with E-state index in [1.165, 1.54) is 29.5 Å². The van der Waals surface area contributed by atoms with E-state index in [1.54, 1.807) is 0 Å². The fraction of sp³-hybridized carbons (Fsp3) is 0.300. The number of carbonyl (C=O) groups is 1. The molecule has 0 spiro atoms. The molecule has 0 unspecified atom stereocenters. The highest BCUT2D eigenvalue weighted by molar-refractivity contribution is 6.30. The number of carbonyl (C=O) groups excluding carboxylic acids is 1. The first-order chi connectivity index (χ1) is 12.6. The number of hydrogen-bond donors (Lipinski definition) is 2. The summed E-state index contributed by atoms with van der Waals surface area (Å²) in [6.45, 7) is 3.28. The van der Waals surface area contributed by atoms with Crippen molar-refractivity contribution < 1.29 is 4.79 Å². The van der Waals surface area contributed by atoms with Gasteiger partial charge in [-0.25, -0.2) is 0 Å². The minimum Gasteiger partial charge on any atom is -0.351 e. The maximum atomic E-state index is 12.0. The predicted molar refractivity (Wildman–Crippen MR) is 104 cm³/mol. The average Bonchev–Trinajstić information content (AvgIpc) is 2.65. The van der Waals surface area contributed by atoms with Crippen LogP contribution in [0, 0.1) is 0 Å².